The Kier molecular flexibility index (Phi) is 30.6. The van der Waals surface area contributed by atoms with Gasteiger partial charge in [-0.25, -0.2) is 0 Å². The summed E-state index contributed by atoms with van der Waals surface area (Å²) in [6, 6.07) is 65.3. The van der Waals surface area contributed by atoms with Crippen LogP contribution in [0.4, 0.5) is 0 Å². The van der Waals surface area contributed by atoms with E-state index >= 15 is 0 Å². The zero-order valence-corrected chi connectivity index (χ0v) is 62.7. The number of aliphatic carboxylic acids is 1. The first-order valence-corrected chi connectivity index (χ1v) is 35.7. The van der Waals surface area contributed by atoms with Crippen molar-refractivity contribution in [1.29, 1.82) is 0 Å². The molecule has 1 fully saturated rings. The second kappa shape index (κ2) is 39.6. The molecule has 0 atom stereocenters. The number of carboxylic acid groups (broad SMARTS) is 1. The van der Waals surface area contributed by atoms with Gasteiger partial charge in [0.05, 0.1) is 62.5 Å². The second-order valence-electron chi connectivity index (χ2n) is 25.9. The minimum absolute atomic E-state index is 0. The number of fused-ring (bicyclic) bond motifs is 3. The molecule has 0 aliphatic carbocycles. The van der Waals surface area contributed by atoms with Crippen molar-refractivity contribution in [2.75, 3.05) is 32.8 Å². The molecule has 1 saturated heterocycles. The van der Waals surface area contributed by atoms with Gasteiger partial charge in [0.1, 0.15) is 53.8 Å². The third-order valence-corrected chi connectivity index (χ3v) is 18.2. The molecule has 106 heavy (non-hydrogen) atoms. The van der Waals surface area contributed by atoms with E-state index in [4.69, 9.17) is 68.6 Å². The Balaban J connectivity index is 0.000000186. The van der Waals surface area contributed by atoms with Crippen LogP contribution in [0, 0.1) is 0 Å². The van der Waals surface area contributed by atoms with Gasteiger partial charge in [-0.15, -0.1) is 0 Å². The van der Waals surface area contributed by atoms with Gasteiger partial charge in [-0.2, -0.15) is 0 Å². The Bertz CT molecular complexity index is 4840. The molecule has 0 spiro atoms. The molecule has 0 saturated carbocycles. The SMILES string of the molecule is CCOC(=O)Cc1ccccc1OCc1cc(-c2cccc(CCN)c2)c2occc2c1.CCOC(=O)Cc1ccccc1OCc1cc(B2OC(C)(C)C(C)(C)O2)c2occc2c1.NCCc1cccc(-c2cc(COc3ccccc3CC(=O)O)cc3ccoc23)c1.NCCc1cccc(Br)c1.[Li+].[OH-]. The second-order valence-corrected chi connectivity index (χ2v) is 26.9. The van der Waals surface area contributed by atoms with Crippen LogP contribution in [0.25, 0.3) is 55.2 Å². The number of carbonyl (C=O) groups is 3. The molecule has 21 heteroatoms. The van der Waals surface area contributed by atoms with E-state index in [0.717, 1.165) is 119 Å². The number of benzene rings is 9. The van der Waals surface area contributed by atoms with Gasteiger partial charge in [0.2, 0.25) is 0 Å². The molecular weight excluding hydrogens is 1400 g/mol. The maximum absolute atomic E-state index is 11.9. The molecule has 1 aliphatic rings. The number of hydrogen-bond donors (Lipinski definition) is 4. The van der Waals surface area contributed by atoms with Crippen LogP contribution in [0.15, 0.2) is 237 Å². The van der Waals surface area contributed by atoms with Crippen LogP contribution in [0.2, 0.25) is 0 Å². The first-order chi connectivity index (χ1) is 50.3. The molecule has 0 radical (unpaired) electrons. The van der Waals surface area contributed by atoms with E-state index in [1.807, 2.05) is 149 Å². The van der Waals surface area contributed by atoms with Gasteiger partial charge in [-0.05, 0) is 204 Å². The summed E-state index contributed by atoms with van der Waals surface area (Å²) in [7, 11) is -0.537. The van der Waals surface area contributed by atoms with Crippen LogP contribution in [0.5, 0.6) is 17.2 Å². The summed E-state index contributed by atoms with van der Waals surface area (Å²) in [5.41, 5.74) is 32.2. The van der Waals surface area contributed by atoms with E-state index in [-0.39, 0.29) is 55.5 Å². The molecule has 546 valence electrons. The summed E-state index contributed by atoms with van der Waals surface area (Å²) in [6.45, 7) is 15.4. The van der Waals surface area contributed by atoms with Crippen molar-refractivity contribution in [3.8, 4) is 39.5 Å². The van der Waals surface area contributed by atoms with Crippen molar-refractivity contribution in [2.24, 2.45) is 17.2 Å². The Morgan fingerprint density at radius 1 is 0.443 bits per heavy atom. The Labute approximate surface area is 639 Å². The summed E-state index contributed by atoms with van der Waals surface area (Å²) >= 11 is 3.39. The van der Waals surface area contributed by atoms with Gasteiger partial charge in [-0.1, -0.05) is 137 Å². The monoisotopic (exact) mass is 1490 g/mol. The number of halogens is 1. The van der Waals surface area contributed by atoms with Crippen molar-refractivity contribution in [3.63, 3.8) is 0 Å². The molecule has 0 unspecified atom stereocenters. The molecule has 3 aromatic heterocycles. The predicted octanol–water partition coefficient (Wildman–Crippen LogP) is 13.3. The molecule has 9 aromatic carbocycles. The van der Waals surface area contributed by atoms with E-state index in [2.05, 4.69) is 82.7 Å². The summed E-state index contributed by atoms with van der Waals surface area (Å²) in [5.74, 6) is 0.503. The normalized spacial score (nSPS) is 12.5. The molecular formula is C85H90BBrLiN3O15. The molecule has 8 N–H and O–H groups in total. The number of hydrogen-bond acceptors (Lipinski definition) is 17. The van der Waals surface area contributed by atoms with E-state index in [0.29, 0.717) is 68.9 Å². The smallest absolute Gasteiger partial charge is 0.870 e. The fraction of sp³-hybridized carbons (Fsp3) is 0.259. The molecule has 18 nitrogen and oxygen atoms in total. The predicted molar refractivity (Wildman–Crippen MR) is 414 cm³/mol. The van der Waals surface area contributed by atoms with Crippen molar-refractivity contribution >= 4 is 79.3 Å². The van der Waals surface area contributed by atoms with Crippen molar-refractivity contribution in [1.82, 2.24) is 0 Å². The van der Waals surface area contributed by atoms with Crippen LogP contribution < -0.4 is 55.7 Å². The first-order valence-electron chi connectivity index (χ1n) is 34.9. The van der Waals surface area contributed by atoms with Crippen LogP contribution in [-0.2, 0) is 91.5 Å². The fourth-order valence-electron chi connectivity index (χ4n) is 12.0. The maximum atomic E-state index is 11.9. The Hall–Kier alpha value is -9.69. The Morgan fingerprint density at radius 3 is 1.21 bits per heavy atom. The number of ether oxygens (including phenoxy) is 5. The zero-order chi connectivity index (χ0) is 73.6. The molecule has 4 heterocycles. The van der Waals surface area contributed by atoms with Gasteiger partial charge in [0.25, 0.3) is 0 Å². The van der Waals surface area contributed by atoms with Gasteiger partial charge in [0.15, 0.2) is 0 Å². The average molecular weight is 1490 g/mol. The summed E-state index contributed by atoms with van der Waals surface area (Å²) in [6.07, 6.45) is 7.94. The summed E-state index contributed by atoms with van der Waals surface area (Å²) in [4.78, 5) is 35.0. The van der Waals surface area contributed by atoms with Crippen LogP contribution in [0.3, 0.4) is 0 Å². The van der Waals surface area contributed by atoms with E-state index < -0.39 is 24.3 Å². The number of esters is 2. The number of para-hydroxylation sites is 3. The topological polar surface area (TPSA) is 284 Å². The zero-order valence-electron chi connectivity index (χ0n) is 61.1. The number of rotatable bonds is 26. The molecule has 13 rings (SSSR count). The van der Waals surface area contributed by atoms with E-state index in [9.17, 15) is 14.4 Å². The number of carboxylic acids is 1. The molecule has 12 aromatic rings. The van der Waals surface area contributed by atoms with Gasteiger partial charge < -0.3 is 74.0 Å². The van der Waals surface area contributed by atoms with Gasteiger partial charge >= 0.3 is 43.9 Å². The van der Waals surface area contributed by atoms with Crippen LogP contribution in [-0.4, -0.2) is 79.7 Å². The third kappa shape index (κ3) is 22.2. The van der Waals surface area contributed by atoms with Crippen molar-refractivity contribution in [3.05, 3.63) is 274 Å². The quantitative estimate of drug-likeness (QED) is 0.0289. The summed E-state index contributed by atoms with van der Waals surface area (Å²) in [5, 5.41) is 12.1. The van der Waals surface area contributed by atoms with E-state index in [1.165, 1.54) is 16.7 Å². The van der Waals surface area contributed by atoms with Crippen LogP contribution in [0.1, 0.15) is 91.6 Å². The number of furan rings is 3. The molecule has 1 aliphatic heterocycles. The van der Waals surface area contributed by atoms with Crippen molar-refractivity contribution in [2.45, 2.75) is 111 Å². The third-order valence-electron chi connectivity index (χ3n) is 17.8. The van der Waals surface area contributed by atoms with Gasteiger partial charge in [0, 0.05) is 53.9 Å². The summed E-state index contributed by atoms with van der Waals surface area (Å²) < 4.78 is 59.3. The van der Waals surface area contributed by atoms with Crippen molar-refractivity contribution < 1.29 is 90.1 Å². The fourth-order valence-corrected chi connectivity index (χ4v) is 12.5. The standard InChI is InChI=1S/C27H27NO4.C25H29BO6.C25H23NO4.C8H10BrN.Li.H2O/c1-2-30-26(29)17-22-7-3-4-9-25(22)32-18-20-15-23-11-13-31-27(23)24(16-20)21-8-5-6-19(14-21)10-12-28;1-6-28-22(27)15-18-9-7-8-10-21(18)30-16-17-13-19-11-12-29-23(19)20(14-17)26-31-24(2,3)25(4,5)32-26;26-10-8-17-4-3-6-19(12-17)22-14-18(13-21-9-11-29-25(21)22)16-30-23-7-2-1-5-20(23)15-24(27)28;9-8-3-1-2-7(6-8)4-5-10;;/h3-9,11,13-16H,2,10,12,17-18,28H2,1H3;7-14H,6,15-16H2,1-5H3;1-7,9,11-14H,8,10,15-16,26H2,(H,27,28);1-3,6H,4-5,10H2;;1H2/q;;;;+1;/p-1. The first kappa shape index (κ1) is 82.0. The number of carbonyl (C=O) groups excluding carboxylic acids is 2. The minimum Gasteiger partial charge on any atom is -0.870 e. The maximum Gasteiger partial charge on any atom is 1.00 e. The molecule has 0 amide bonds. The van der Waals surface area contributed by atoms with Crippen LogP contribution >= 0.6 is 15.9 Å². The Morgan fingerprint density at radius 2 is 0.811 bits per heavy atom. The average Bonchev–Trinajstić information content (AvgIpc) is 1.60. The van der Waals surface area contributed by atoms with E-state index in [1.54, 1.807) is 44.8 Å². The molecule has 0 bridgehead atoms. The van der Waals surface area contributed by atoms with Gasteiger partial charge in [-0.3, -0.25) is 14.4 Å². The minimum atomic E-state index is -0.884. The largest absolute Gasteiger partial charge is 1.00 e. The number of nitrogens with two attached hydrogens (primary N) is 3.